The van der Waals surface area contributed by atoms with Gasteiger partial charge in [0.2, 0.25) is 0 Å². The molecule has 88 valence electrons. The summed E-state index contributed by atoms with van der Waals surface area (Å²) < 4.78 is 18.3. The van der Waals surface area contributed by atoms with Gasteiger partial charge < -0.3 is 10.5 Å². The third-order valence-electron chi connectivity index (χ3n) is 2.18. The summed E-state index contributed by atoms with van der Waals surface area (Å²) in [4.78, 5) is 10.0. The minimum Gasteiger partial charge on any atom is -0.490 e. The number of halogens is 1. The Kier molecular flexibility index (Phi) is 4.19. The lowest BCUT2D eigenvalue weighted by Crippen LogP contribution is -2.04. The first-order chi connectivity index (χ1) is 7.60. The van der Waals surface area contributed by atoms with Gasteiger partial charge in [-0.15, -0.1) is 0 Å². The zero-order valence-electron chi connectivity index (χ0n) is 8.85. The van der Waals surface area contributed by atoms with Crippen molar-refractivity contribution in [1.29, 1.82) is 0 Å². The summed E-state index contributed by atoms with van der Waals surface area (Å²) in [5.41, 5.74) is 5.40. The summed E-state index contributed by atoms with van der Waals surface area (Å²) in [5, 5.41) is 10.6. The van der Waals surface area contributed by atoms with Gasteiger partial charge in [0, 0.05) is 6.07 Å². The number of rotatable bonds is 5. The van der Waals surface area contributed by atoms with Gasteiger partial charge in [-0.25, -0.2) is 4.39 Å². The summed E-state index contributed by atoms with van der Waals surface area (Å²) in [6.07, 6.45) is -1.04. The van der Waals surface area contributed by atoms with Gasteiger partial charge in [0.05, 0.1) is 12.0 Å². The third-order valence-corrected chi connectivity index (χ3v) is 2.18. The number of hydrogen-bond donors (Lipinski definition) is 1. The minimum atomic E-state index is -1.22. The first-order valence-electron chi connectivity index (χ1n) is 4.76. The summed E-state index contributed by atoms with van der Waals surface area (Å²) in [5.74, 6) is 0.0576. The molecular weight excluding hydrogens is 215 g/mol. The van der Waals surface area contributed by atoms with Gasteiger partial charge >= 0.3 is 5.69 Å². The maximum absolute atomic E-state index is 13.5. The molecule has 0 fully saturated rings. The predicted octanol–water partition coefficient (Wildman–Crippen LogP) is 1.96. The van der Waals surface area contributed by atoms with Crippen LogP contribution in [0.3, 0.4) is 0 Å². The molecule has 0 saturated carbocycles. The fourth-order valence-electron chi connectivity index (χ4n) is 1.35. The number of nitro benzene ring substituents is 1. The zero-order chi connectivity index (χ0) is 12.1. The van der Waals surface area contributed by atoms with Gasteiger partial charge in [-0.05, 0) is 30.7 Å². The van der Waals surface area contributed by atoms with Crippen molar-refractivity contribution in [2.75, 3.05) is 13.7 Å². The molecule has 16 heavy (non-hydrogen) atoms. The highest BCUT2D eigenvalue weighted by atomic mass is 19.1. The Hall–Kier alpha value is -1.69. The van der Waals surface area contributed by atoms with Crippen LogP contribution in [0.2, 0.25) is 0 Å². The monoisotopic (exact) mass is 228 g/mol. The summed E-state index contributed by atoms with van der Waals surface area (Å²) in [7, 11) is 1.31. The second kappa shape index (κ2) is 5.41. The average molecular weight is 228 g/mol. The number of nitrogens with zero attached hydrogens (tertiary/aromatic N) is 1. The van der Waals surface area contributed by atoms with Crippen LogP contribution in [0.5, 0.6) is 5.75 Å². The SMILES string of the molecule is COc1cc(C(F)CCN)ccc1[N+](=O)[O-]. The number of nitrogens with two attached hydrogens (primary N) is 1. The van der Waals surface area contributed by atoms with E-state index in [1.807, 2.05) is 0 Å². The third kappa shape index (κ3) is 2.66. The van der Waals surface area contributed by atoms with Crippen LogP contribution in [0.25, 0.3) is 0 Å². The van der Waals surface area contributed by atoms with Crippen LogP contribution in [0.15, 0.2) is 18.2 Å². The maximum atomic E-state index is 13.5. The first kappa shape index (κ1) is 12.4. The van der Waals surface area contributed by atoms with Crippen molar-refractivity contribution < 1.29 is 14.1 Å². The fraction of sp³-hybridized carbons (Fsp3) is 0.400. The Morgan fingerprint density at radius 1 is 1.62 bits per heavy atom. The van der Waals surface area contributed by atoms with Crippen molar-refractivity contribution in [3.05, 3.63) is 33.9 Å². The first-order valence-corrected chi connectivity index (χ1v) is 4.76. The van der Waals surface area contributed by atoms with E-state index in [0.717, 1.165) is 0 Å². The quantitative estimate of drug-likeness (QED) is 0.617. The Morgan fingerprint density at radius 2 is 2.31 bits per heavy atom. The van der Waals surface area contributed by atoms with Crippen molar-refractivity contribution in [2.45, 2.75) is 12.6 Å². The maximum Gasteiger partial charge on any atom is 0.310 e. The Morgan fingerprint density at radius 3 is 2.81 bits per heavy atom. The number of alkyl halides is 1. The lowest BCUT2D eigenvalue weighted by molar-refractivity contribution is -0.385. The fourth-order valence-corrected chi connectivity index (χ4v) is 1.35. The second-order valence-electron chi connectivity index (χ2n) is 3.23. The molecule has 0 spiro atoms. The number of hydrogen-bond acceptors (Lipinski definition) is 4. The van der Waals surface area contributed by atoms with E-state index in [-0.39, 0.29) is 24.4 Å². The Balaban J connectivity index is 3.03. The summed E-state index contributed by atoms with van der Waals surface area (Å²) in [6, 6.07) is 3.94. The molecule has 1 aromatic carbocycles. The van der Waals surface area contributed by atoms with Crippen molar-refractivity contribution in [3.63, 3.8) is 0 Å². The minimum absolute atomic E-state index is 0.0576. The molecule has 0 aromatic heterocycles. The second-order valence-corrected chi connectivity index (χ2v) is 3.23. The largest absolute Gasteiger partial charge is 0.490 e. The Labute approximate surface area is 92.2 Å². The van der Waals surface area contributed by atoms with E-state index in [2.05, 4.69) is 0 Å². The molecular formula is C10H13FN2O3. The standard InChI is InChI=1S/C10H13FN2O3/c1-16-10-6-7(8(11)4-5-12)2-3-9(10)13(14)15/h2-3,6,8H,4-5,12H2,1H3. The van der Waals surface area contributed by atoms with E-state index in [0.29, 0.717) is 5.56 Å². The molecule has 1 atom stereocenters. The van der Waals surface area contributed by atoms with Crippen LogP contribution in [0.4, 0.5) is 10.1 Å². The molecule has 0 radical (unpaired) electrons. The topological polar surface area (TPSA) is 78.4 Å². The van der Waals surface area contributed by atoms with Crippen molar-refractivity contribution in [2.24, 2.45) is 5.73 Å². The van der Waals surface area contributed by atoms with Crippen LogP contribution >= 0.6 is 0 Å². The lowest BCUT2D eigenvalue weighted by Gasteiger charge is -2.08. The van der Waals surface area contributed by atoms with Gasteiger partial charge in [-0.1, -0.05) is 0 Å². The van der Waals surface area contributed by atoms with E-state index >= 15 is 0 Å². The van der Waals surface area contributed by atoms with Crippen LogP contribution < -0.4 is 10.5 Å². The number of benzene rings is 1. The van der Waals surface area contributed by atoms with Gasteiger partial charge in [0.25, 0.3) is 0 Å². The molecule has 0 aliphatic rings. The summed E-state index contributed by atoms with van der Waals surface area (Å²) in [6.45, 7) is 0.223. The van der Waals surface area contributed by atoms with Crippen LogP contribution in [0.1, 0.15) is 18.2 Å². The molecule has 0 saturated heterocycles. The number of ether oxygens (including phenoxy) is 1. The van der Waals surface area contributed by atoms with E-state index in [1.54, 1.807) is 0 Å². The van der Waals surface area contributed by atoms with Gasteiger partial charge in [-0.2, -0.15) is 0 Å². The molecule has 1 unspecified atom stereocenters. The van der Waals surface area contributed by atoms with Gasteiger partial charge in [0.1, 0.15) is 6.17 Å². The molecule has 6 heteroatoms. The highest BCUT2D eigenvalue weighted by Crippen LogP contribution is 2.31. The van der Waals surface area contributed by atoms with E-state index < -0.39 is 11.1 Å². The zero-order valence-corrected chi connectivity index (χ0v) is 8.85. The molecule has 0 amide bonds. The smallest absolute Gasteiger partial charge is 0.310 e. The highest BCUT2D eigenvalue weighted by Gasteiger charge is 2.18. The van der Waals surface area contributed by atoms with Gasteiger partial charge in [-0.3, -0.25) is 10.1 Å². The predicted molar refractivity (Wildman–Crippen MR) is 57.2 cm³/mol. The highest BCUT2D eigenvalue weighted by molar-refractivity contribution is 5.48. The number of methoxy groups -OCH3 is 1. The average Bonchev–Trinajstić information content (AvgIpc) is 2.28. The van der Waals surface area contributed by atoms with Crippen LogP contribution in [-0.2, 0) is 0 Å². The molecule has 0 aliphatic carbocycles. The molecule has 1 rings (SSSR count). The molecule has 1 aromatic rings. The van der Waals surface area contributed by atoms with E-state index in [9.17, 15) is 14.5 Å². The number of nitro groups is 1. The van der Waals surface area contributed by atoms with Crippen molar-refractivity contribution >= 4 is 5.69 Å². The normalized spacial score (nSPS) is 12.2. The summed E-state index contributed by atoms with van der Waals surface area (Å²) >= 11 is 0. The van der Waals surface area contributed by atoms with Crippen LogP contribution in [-0.4, -0.2) is 18.6 Å². The molecule has 0 bridgehead atoms. The van der Waals surface area contributed by atoms with E-state index in [1.165, 1.54) is 25.3 Å². The molecule has 5 nitrogen and oxygen atoms in total. The molecule has 0 heterocycles. The Bertz CT molecular complexity index is 384. The molecule has 2 N–H and O–H groups in total. The van der Waals surface area contributed by atoms with E-state index in [4.69, 9.17) is 10.5 Å². The lowest BCUT2D eigenvalue weighted by atomic mass is 10.1. The van der Waals surface area contributed by atoms with Crippen LogP contribution in [0, 0.1) is 10.1 Å². The van der Waals surface area contributed by atoms with Crippen molar-refractivity contribution in [3.8, 4) is 5.75 Å². The van der Waals surface area contributed by atoms with Crippen molar-refractivity contribution in [1.82, 2.24) is 0 Å². The molecule has 0 aliphatic heterocycles. The van der Waals surface area contributed by atoms with Gasteiger partial charge in [0.15, 0.2) is 5.75 Å².